The highest BCUT2D eigenvalue weighted by Gasteiger charge is 2.30. The Morgan fingerprint density at radius 3 is 2.35 bits per heavy atom. The minimum Gasteiger partial charge on any atom is -0.270 e. The summed E-state index contributed by atoms with van der Waals surface area (Å²) in [6.45, 7) is 4.18. The third-order valence-corrected chi connectivity index (χ3v) is 3.30. The summed E-state index contributed by atoms with van der Waals surface area (Å²) < 4.78 is 1.97. The van der Waals surface area contributed by atoms with Gasteiger partial charge in [-0.1, -0.05) is 6.07 Å². The Bertz CT molecular complexity index is 550. The van der Waals surface area contributed by atoms with Crippen LogP contribution in [-0.4, -0.2) is 14.8 Å². The van der Waals surface area contributed by atoms with Crippen LogP contribution in [0.3, 0.4) is 0 Å². The van der Waals surface area contributed by atoms with Crippen molar-refractivity contribution in [2.75, 3.05) is 0 Å². The van der Waals surface area contributed by atoms with E-state index in [4.69, 9.17) is 11.6 Å². The molecule has 0 spiro atoms. The third kappa shape index (κ3) is 1.95. The van der Waals surface area contributed by atoms with Crippen LogP contribution in [-0.2, 0) is 0 Å². The molecule has 3 nitrogen and oxygen atoms in total. The minimum absolute atomic E-state index is 0.455. The lowest BCUT2D eigenvalue weighted by Gasteiger charge is -2.09. The highest BCUT2D eigenvalue weighted by atomic mass is 35.5. The predicted molar refractivity (Wildman–Crippen MR) is 67.8 cm³/mol. The molecule has 1 aromatic carbocycles. The van der Waals surface area contributed by atoms with Crippen molar-refractivity contribution in [3.05, 3.63) is 40.4 Å². The molecule has 0 aliphatic heterocycles. The molecule has 1 fully saturated rings. The Morgan fingerprint density at radius 1 is 1.12 bits per heavy atom. The molecule has 88 valence electrons. The lowest BCUT2D eigenvalue weighted by atomic mass is 10.1. The van der Waals surface area contributed by atoms with Gasteiger partial charge >= 0.3 is 0 Å². The van der Waals surface area contributed by atoms with E-state index in [0.717, 1.165) is 11.5 Å². The summed E-state index contributed by atoms with van der Waals surface area (Å²) in [6.07, 6.45) is 2.39. The summed E-state index contributed by atoms with van der Waals surface area (Å²) in [5, 5.41) is 8.64. The fourth-order valence-corrected chi connectivity index (χ4v) is 2.42. The van der Waals surface area contributed by atoms with E-state index in [1.165, 1.54) is 24.0 Å². The molecule has 1 saturated carbocycles. The van der Waals surface area contributed by atoms with Gasteiger partial charge in [0.15, 0.2) is 0 Å². The summed E-state index contributed by atoms with van der Waals surface area (Å²) in [7, 11) is 0. The van der Waals surface area contributed by atoms with Gasteiger partial charge in [-0.2, -0.15) is 0 Å². The molecule has 0 unspecified atom stereocenters. The molecule has 4 heteroatoms. The molecule has 2 aromatic rings. The molecule has 3 rings (SSSR count). The lowest BCUT2D eigenvalue weighted by Crippen LogP contribution is -2.01. The SMILES string of the molecule is Cc1cc(C)cc(-n2c(Cl)nnc2C2CC2)c1. The van der Waals surface area contributed by atoms with Crippen LogP contribution < -0.4 is 0 Å². The van der Waals surface area contributed by atoms with Crippen molar-refractivity contribution < 1.29 is 0 Å². The van der Waals surface area contributed by atoms with Gasteiger partial charge in [0.05, 0.1) is 5.69 Å². The molecule has 0 N–H and O–H groups in total. The summed E-state index contributed by atoms with van der Waals surface area (Å²) in [5.74, 6) is 1.54. The maximum absolute atomic E-state index is 6.15. The number of hydrogen-bond acceptors (Lipinski definition) is 2. The van der Waals surface area contributed by atoms with Crippen molar-refractivity contribution in [1.29, 1.82) is 0 Å². The monoisotopic (exact) mass is 247 g/mol. The zero-order chi connectivity index (χ0) is 12.0. The first kappa shape index (κ1) is 10.8. The second-order valence-corrected chi connectivity index (χ2v) is 5.12. The predicted octanol–water partition coefficient (Wildman–Crippen LogP) is 3.41. The van der Waals surface area contributed by atoms with Gasteiger partial charge in [0.25, 0.3) is 0 Å². The van der Waals surface area contributed by atoms with Gasteiger partial charge in [0.2, 0.25) is 5.28 Å². The quantitative estimate of drug-likeness (QED) is 0.814. The highest BCUT2D eigenvalue weighted by Crippen LogP contribution is 2.40. The van der Waals surface area contributed by atoms with Crippen molar-refractivity contribution in [2.24, 2.45) is 0 Å². The topological polar surface area (TPSA) is 30.7 Å². The molecular weight excluding hydrogens is 234 g/mol. The molecule has 1 aliphatic carbocycles. The molecule has 0 radical (unpaired) electrons. The maximum atomic E-state index is 6.15. The molecule has 0 amide bonds. The van der Waals surface area contributed by atoms with Crippen LogP contribution in [0, 0.1) is 13.8 Å². The average molecular weight is 248 g/mol. The van der Waals surface area contributed by atoms with Crippen LogP contribution in [0.5, 0.6) is 0 Å². The number of nitrogens with zero attached hydrogens (tertiary/aromatic N) is 3. The van der Waals surface area contributed by atoms with Gasteiger partial charge < -0.3 is 0 Å². The summed E-state index contributed by atoms with van der Waals surface area (Å²) in [4.78, 5) is 0. The second-order valence-electron chi connectivity index (χ2n) is 4.78. The van der Waals surface area contributed by atoms with E-state index in [2.05, 4.69) is 42.2 Å². The molecular formula is C13H14ClN3. The van der Waals surface area contributed by atoms with Crippen molar-refractivity contribution in [1.82, 2.24) is 14.8 Å². The van der Waals surface area contributed by atoms with Gasteiger partial charge in [-0.15, -0.1) is 10.2 Å². The molecule has 17 heavy (non-hydrogen) atoms. The highest BCUT2D eigenvalue weighted by molar-refractivity contribution is 6.28. The van der Waals surface area contributed by atoms with Crippen LogP contribution in [0.15, 0.2) is 18.2 Å². The third-order valence-electron chi connectivity index (χ3n) is 3.06. The van der Waals surface area contributed by atoms with Crippen LogP contribution in [0.2, 0.25) is 5.28 Å². The first-order valence-electron chi connectivity index (χ1n) is 5.84. The van der Waals surface area contributed by atoms with Crippen LogP contribution >= 0.6 is 11.6 Å². The average Bonchev–Trinajstić information content (AvgIpc) is 3.01. The van der Waals surface area contributed by atoms with E-state index in [1.54, 1.807) is 0 Å². The lowest BCUT2D eigenvalue weighted by molar-refractivity contribution is 0.870. The molecule has 0 saturated heterocycles. The molecule has 0 atom stereocenters. The number of aryl methyl sites for hydroxylation is 2. The number of benzene rings is 1. The van der Waals surface area contributed by atoms with Gasteiger partial charge in [0, 0.05) is 5.92 Å². The fourth-order valence-electron chi connectivity index (χ4n) is 2.20. The Morgan fingerprint density at radius 2 is 1.76 bits per heavy atom. The Labute approximate surface area is 105 Å². The Balaban J connectivity index is 2.16. The number of aromatic nitrogens is 3. The van der Waals surface area contributed by atoms with E-state index in [1.807, 2.05) is 4.57 Å². The number of rotatable bonds is 2. The standard InChI is InChI=1S/C13H14ClN3/c1-8-5-9(2)7-11(6-8)17-12(10-3-4-10)15-16-13(17)14/h5-7,10H,3-4H2,1-2H3. The van der Waals surface area contributed by atoms with Gasteiger partial charge in [0.1, 0.15) is 5.82 Å². The Hall–Kier alpha value is -1.35. The van der Waals surface area contributed by atoms with Gasteiger partial charge in [-0.05, 0) is 61.5 Å². The maximum Gasteiger partial charge on any atom is 0.229 e. The van der Waals surface area contributed by atoms with Crippen LogP contribution in [0.4, 0.5) is 0 Å². The largest absolute Gasteiger partial charge is 0.270 e. The molecule has 1 aliphatic rings. The molecule has 1 heterocycles. The van der Waals surface area contributed by atoms with Crippen molar-refractivity contribution in [2.45, 2.75) is 32.6 Å². The van der Waals surface area contributed by atoms with Crippen molar-refractivity contribution in [3.63, 3.8) is 0 Å². The normalized spacial score (nSPS) is 15.2. The molecule has 0 bridgehead atoms. The van der Waals surface area contributed by atoms with Crippen molar-refractivity contribution in [3.8, 4) is 5.69 Å². The molecule has 1 aromatic heterocycles. The summed E-state index contributed by atoms with van der Waals surface area (Å²) in [5.41, 5.74) is 3.53. The Kier molecular flexibility index (Phi) is 2.44. The minimum atomic E-state index is 0.455. The van der Waals surface area contributed by atoms with E-state index in [9.17, 15) is 0 Å². The van der Waals surface area contributed by atoms with Gasteiger partial charge in [-0.25, -0.2) is 0 Å². The summed E-state index contributed by atoms with van der Waals surface area (Å²) in [6, 6.07) is 6.39. The zero-order valence-corrected chi connectivity index (χ0v) is 10.7. The van der Waals surface area contributed by atoms with Crippen LogP contribution in [0.25, 0.3) is 5.69 Å². The second kappa shape index (κ2) is 3.84. The number of halogens is 1. The number of hydrogen-bond donors (Lipinski definition) is 0. The van der Waals surface area contributed by atoms with Crippen molar-refractivity contribution >= 4 is 11.6 Å². The van der Waals surface area contributed by atoms with Crippen LogP contribution in [0.1, 0.15) is 35.7 Å². The van der Waals surface area contributed by atoms with E-state index in [-0.39, 0.29) is 0 Å². The van der Waals surface area contributed by atoms with Gasteiger partial charge in [-0.3, -0.25) is 4.57 Å². The van der Waals surface area contributed by atoms with E-state index < -0.39 is 0 Å². The van der Waals surface area contributed by atoms with E-state index >= 15 is 0 Å². The first-order valence-corrected chi connectivity index (χ1v) is 6.22. The smallest absolute Gasteiger partial charge is 0.229 e. The first-order chi connectivity index (χ1) is 8.15. The zero-order valence-electron chi connectivity index (χ0n) is 9.94. The van der Waals surface area contributed by atoms with E-state index in [0.29, 0.717) is 11.2 Å². The summed E-state index contributed by atoms with van der Waals surface area (Å²) >= 11 is 6.15. The fraction of sp³-hybridized carbons (Fsp3) is 0.385.